The first-order valence-corrected chi connectivity index (χ1v) is 10.2. The van der Waals surface area contributed by atoms with Gasteiger partial charge in [0.2, 0.25) is 0 Å². The number of aromatic nitrogens is 1. The number of hydrogen-bond donors (Lipinski definition) is 0. The number of ether oxygens (including phenoxy) is 1. The molecule has 4 aromatic carbocycles. The van der Waals surface area contributed by atoms with Gasteiger partial charge in [-0.1, -0.05) is 66.7 Å². The van der Waals surface area contributed by atoms with Crippen LogP contribution in [0.25, 0.3) is 31.6 Å². The van der Waals surface area contributed by atoms with E-state index in [1.807, 2.05) is 91.0 Å². The maximum Gasteiger partial charge on any atom is 0.315 e. The minimum Gasteiger partial charge on any atom is -0.426 e. The van der Waals surface area contributed by atoms with E-state index < -0.39 is 0 Å². The summed E-state index contributed by atoms with van der Waals surface area (Å²) in [5.74, 6) is 0.256. The quantitative estimate of drug-likeness (QED) is 0.266. The van der Waals surface area contributed by atoms with Crippen LogP contribution in [-0.2, 0) is 11.2 Å². The van der Waals surface area contributed by atoms with Crippen molar-refractivity contribution in [2.75, 3.05) is 0 Å². The molecule has 0 saturated heterocycles. The molecule has 0 atom stereocenters. The van der Waals surface area contributed by atoms with Gasteiger partial charge in [-0.05, 0) is 40.6 Å². The Balaban J connectivity index is 1.44. The van der Waals surface area contributed by atoms with Gasteiger partial charge in [0.05, 0.1) is 22.2 Å². The number of benzene rings is 4. The molecule has 1 aromatic heterocycles. The van der Waals surface area contributed by atoms with Crippen molar-refractivity contribution < 1.29 is 9.53 Å². The molecular formula is C25H17NO2S. The van der Waals surface area contributed by atoms with Crippen LogP contribution in [0, 0.1) is 0 Å². The second kappa shape index (κ2) is 7.49. The van der Waals surface area contributed by atoms with Crippen molar-refractivity contribution in [3.63, 3.8) is 0 Å². The maximum atomic E-state index is 12.7. The molecule has 0 unspecified atom stereocenters. The van der Waals surface area contributed by atoms with E-state index in [1.165, 1.54) is 0 Å². The summed E-state index contributed by atoms with van der Waals surface area (Å²) in [5.41, 5.74) is 2.75. The summed E-state index contributed by atoms with van der Waals surface area (Å²) in [5, 5.41) is 3.04. The Bertz CT molecular complexity index is 1300. The van der Waals surface area contributed by atoms with Gasteiger partial charge in [-0.15, -0.1) is 11.3 Å². The van der Waals surface area contributed by atoms with E-state index in [2.05, 4.69) is 0 Å². The van der Waals surface area contributed by atoms with Crippen molar-refractivity contribution >= 4 is 38.3 Å². The zero-order valence-electron chi connectivity index (χ0n) is 15.5. The number of carbonyl (C=O) groups excluding carboxylic acids is 1. The normalized spacial score (nSPS) is 11.0. The summed E-state index contributed by atoms with van der Waals surface area (Å²) >= 11 is 1.60. The Labute approximate surface area is 172 Å². The van der Waals surface area contributed by atoms with Crippen LogP contribution in [0.1, 0.15) is 5.56 Å². The molecule has 5 rings (SSSR count). The fourth-order valence-corrected chi connectivity index (χ4v) is 4.48. The van der Waals surface area contributed by atoms with Crippen molar-refractivity contribution in [3.05, 3.63) is 96.6 Å². The molecule has 0 spiro atoms. The van der Waals surface area contributed by atoms with Crippen LogP contribution in [0.2, 0.25) is 0 Å². The third-order valence-electron chi connectivity index (χ3n) is 4.85. The zero-order chi connectivity index (χ0) is 19.6. The lowest BCUT2D eigenvalue weighted by atomic mass is 10.0. The third kappa shape index (κ3) is 3.50. The molecule has 0 bridgehead atoms. The highest BCUT2D eigenvalue weighted by Gasteiger charge is 2.15. The van der Waals surface area contributed by atoms with Gasteiger partial charge in [-0.2, -0.15) is 0 Å². The summed E-state index contributed by atoms with van der Waals surface area (Å²) < 4.78 is 6.89. The monoisotopic (exact) mass is 395 g/mol. The number of nitrogens with zero attached hydrogens (tertiary/aromatic N) is 1. The Morgan fingerprint density at radius 3 is 2.52 bits per heavy atom. The number of rotatable bonds is 4. The highest BCUT2D eigenvalue weighted by atomic mass is 32.1. The van der Waals surface area contributed by atoms with Crippen LogP contribution in [0.3, 0.4) is 0 Å². The second-order valence-electron chi connectivity index (χ2n) is 6.77. The molecule has 4 heteroatoms. The Hall–Kier alpha value is -3.50. The van der Waals surface area contributed by atoms with Gasteiger partial charge in [0.15, 0.2) is 0 Å². The van der Waals surface area contributed by atoms with E-state index in [9.17, 15) is 4.79 Å². The highest BCUT2D eigenvalue weighted by molar-refractivity contribution is 7.21. The smallest absolute Gasteiger partial charge is 0.315 e. The van der Waals surface area contributed by atoms with Crippen LogP contribution in [0.15, 0.2) is 91.0 Å². The number of esters is 1. The van der Waals surface area contributed by atoms with Gasteiger partial charge >= 0.3 is 5.97 Å². The van der Waals surface area contributed by atoms with Crippen molar-refractivity contribution in [1.29, 1.82) is 0 Å². The highest BCUT2D eigenvalue weighted by Crippen LogP contribution is 2.35. The molecule has 3 nitrogen and oxygen atoms in total. The van der Waals surface area contributed by atoms with E-state index in [0.717, 1.165) is 37.1 Å². The number of thiazole rings is 1. The third-order valence-corrected chi connectivity index (χ3v) is 5.92. The Kier molecular flexibility index (Phi) is 4.54. The lowest BCUT2D eigenvalue weighted by Gasteiger charge is -2.10. The summed E-state index contributed by atoms with van der Waals surface area (Å²) in [6, 6.07) is 29.6. The molecule has 0 aliphatic carbocycles. The van der Waals surface area contributed by atoms with E-state index >= 15 is 0 Å². The Morgan fingerprint density at radius 1 is 0.828 bits per heavy atom. The average Bonchev–Trinajstić information content (AvgIpc) is 3.18. The first-order chi connectivity index (χ1) is 14.3. The number of carbonyl (C=O) groups is 1. The molecule has 140 valence electrons. The number of fused-ring (bicyclic) bond motifs is 2. The van der Waals surface area contributed by atoms with E-state index in [4.69, 9.17) is 9.72 Å². The predicted molar refractivity (Wildman–Crippen MR) is 118 cm³/mol. The lowest BCUT2D eigenvalue weighted by molar-refractivity contribution is -0.133. The van der Waals surface area contributed by atoms with Crippen LogP contribution in [0.4, 0.5) is 0 Å². The molecule has 0 fully saturated rings. The van der Waals surface area contributed by atoms with Crippen LogP contribution < -0.4 is 4.74 Å². The summed E-state index contributed by atoms with van der Waals surface area (Å²) in [4.78, 5) is 17.4. The second-order valence-corrected chi connectivity index (χ2v) is 7.80. The molecular weight excluding hydrogens is 378 g/mol. The fraction of sp³-hybridized carbons (Fsp3) is 0.0400. The van der Waals surface area contributed by atoms with Gasteiger partial charge in [-0.25, -0.2) is 4.98 Å². The van der Waals surface area contributed by atoms with Gasteiger partial charge in [0.25, 0.3) is 0 Å². The average molecular weight is 395 g/mol. The molecule has 1 heterocycles. The minimum absolute atomic E-state index is 0.218. The van der Waals surface area contributed by atoms with E-state index in [0.29, 0.717) is 5.75 Å². The summed E-state index contributed by atoms with van der Waals surface area (Å²) in [7, 11) is 0. The maximum absolute atomic E-state index is 12.7. The van der Waals surface area contributed by atoms with Gasteiger partial charge < -0.3 is 4.74 Å². The van der Waals surface area contributed by atoms with Gasteiger partial charge in [0, 0.05) is 0 Å². The Morgan fingerprint density at radius 2 is 1.59 bits per heavy atom. The largest absolute Gasteiger partial charge is 0.426 e. The first kappa shape index (κ1) is 17.6. The number of para-hydroxylation sites is 2. The predicted octanol–water partition coefficient (Wildman–Crippen LogP) is 6.26. The molecule has 0 radical (unpaired) electrons. The SMILES string of the molecule is O=C(Cc1cccc2ccccc12)Oc1ccccc1-c1nc2ccccc2s1. The van der Waals surface area contributed by atoms with E-state index in [1.54, 1.807) is 11.3 Å². The fourth-order valence-electron chi connectivity index (χ4n) is 3.48. The van der Waals surface area contributed by atoms with Crippen molar-refractivity contribution in [2.24, 2.45) is 0 Å². The first-order valence-electron chi connectivity index (χ1n) is 9.40. The molecule has 0 saturated carbocycles. The standard InChI is InChI=1S/C25H17NO2S/c27-24(16-18-10-7-9-17-8-1-2-11-19(17)18)28-22-14-5-3-12-20(22)25-26-21-13-4-6-15-23(21)29-25/h1-15H,16H2. The van der Waals surface area contributed by atoms with Crippen LogP contribution >= 0.6 is 11.3 Å². The van der Waals surface area contributed by atoms with Gasteiger partial charge in [-0.3, -0.25) is 4.79 Å². The van der Waals surface area contributed by atoms with Crippen LogP contribution in [-0.4, -0.2) is 11.0 Å². The summed E-state index contributed by atoms with van der Waals surface area (Å²) in [6.07, 6.45) is 0.218. The lowest BCUT2D eigenvalue weighted by Crippen LogP contribution is -2.12. The molecule has 5 aromatic rings. The topological polar surface area (TPSA) is 39.2 Å². The number of hydrogen-bond acceptors (Lipinski definition) is 4. The molecule has 0 amide bonds. The minimum atomic E-state index is -0.282. The van der Waals surface area contributed by atoms with Gasteiger partial charge in [0.1, 0.15) is 10.8 Å². The molecule has 0 N–H and O–H groups in total. The van der Waals surface area contributed by atoms with E-state index in [-0.39, 0.29) is 12.4 Å². The van der Waals surface area contributed by atoms with Crippen molar-refractivity contribution in [1.82, 2.24) is 4.98 Å². The molecule has 29 heavy (non-hydrogen) atoms. The van der Waals surface area contributed by atoms with Crippen LogP contribution in [0.5, 0.6) is 5.75 Å². The summed E-state index contributed by atoms with van der Waals surface area (Å²) in [6.45, 7) is 0. The molecule has 0 aliphatic rings. The van der Waals surface area contributed by atoms with Crippen molar-refractivity contribution in [3.8, 4) is 16.3 Å². The zero-order valence-corrected chi connectivity index (χ0v) is 16.4. The van der Waals surface area contributed by atoms with Crippen molar-refractivity contribution in [2.45, 2.75) is 6.42 Å². The molecule has 0 aliphatic heterocycles.